The molecule has 6 heteroatoms. The van der Waals surface area contributed by atoms with Crippen LogP contribution in [0.4, 0.5) is 5.69 Å². The number of aromatic amines is 1. The first-order valence-electron chi connectivity index (χ1n) is 8.13. The van der Waals surface area contributed by atoms with E-state index in [-0.39, 0.29) is 11.7 Å². The normalized spacial score (nSPS) is 10.7. The molecule has 128 valence electrons. The molecular weight excluding hydrogens is 328 g/mol. The van der Waals surface area contributed by atoms with Crippen LogP contribution in [0.2, 0.25) is 0 Å². The van der Waals surface area contributed by atoms with Gasteiger partial charge in [0.05, 0.1) is 17.2 Å². The Labute approximate surface area is 149 Å². The van der Waals surface area contributed by atoms with Crippen molar-refractivity contribution in [1.29, 1.82) is 0 Å². The van der Waals surface area contributed by atoms with Crippen LogP contribution in [0.15, 0.2) is 67.0 Å². The van der Waals surface area contributed by atoms with Gasteiger partial charge in [0.15, 0.2) is 5.82 Å². The number of anilines is 1. The molecule has 0 saturated heterocycles. The Bertz CT molecular complexity index is 1070. The minimum atomic E-state index is -0.308. The molecule has 0 aliphatic heterocycles. The van der Waals surface area contributed by atoms with Gasteiger partial charge in [-0.3, -0.25) is 9.78 Å². The molecule has 2 aromatic heterocycles. The summed E-state index contributed by atoms with van der Waals surface area (Å²) in [5.41, 5.74) is 3.32. The zero-order chi connectivity index (χ0) is 17.9. The van der Waals surface area contributed by atoms with E-state index in [1.54, 1.807) is 30.6 Å². The third-order valence-corrected chi connectivity index (χ3v) is 3.81. The van der Waals surface area contributed by atoms with E-state index in [9.17, 15) is 4.79 Å². The molecule has 0 saturated carbocycles. The van der Waals surface area contributed by atoms with Crippen molar-refractivity contribution in [1.82, 2.24) is 15.0 Å². The van der Waals surface area contributed by atoms with Crippen LogP contribution in [0.25, 0.3) is 11.0 Å². The van der Waals surface area contributed by atoms with E-state index in [2.05, 4.69) is 20.3 Å². The number of rotatable bonds is 4. The molecule has 1 amide bonds. The maximum atomic E-state index is 12.5. The number of hydrogen-bond donors (Lipinski definition) is 2. The molecule has 2 N–H and O–H groups in total. The predicted molar refractivity (Wildman–Crippen MR) is 99.5 cm³/mol. The van der Waals surface area contributed by atoms with Gasteiger partial charge in [-0.05, 0) is 48.9 Å². The molecule has 0 fully saturated rings. The number of benzene rings is 2. The van der Waals surface area contributed by atoms with E-state index in [1.165, 1.54) is 0 Å². The molecule has 2 aromatic carbocycles. The summed E-state index contributed by atoms with van der Waals surface area (Å²) in [6.45, 7) is 1.99. The number of carbonyl (C=O) groups excluding carboxylic acids is 1. The lowest BCUT2D eigenvalue weighted by Crippen LogP contribution is -2.13. The lowest BCUT2D eigenvalue weighted by atomic mass is 10.2. The summed E-state index contributed by atoms with van der Waals surface area (Å²) in [6, 6.07) is 16.6. The monoisotopic (exact) mass is 344 g/mol. The second kappa shape index (κ2) is 6.68. The number of pyridine rings is 1. The summed E-state index contributed by atoms with van der Waals surface area (Å²) < 4.78 is 5.73. The Morgan fingerprint density at radius 3 is 2.81 bits per heavy atom. The lowest BCUT2D eigenvalue weighted by Gasteiger charge is -2.08. The van der Waals surface area contributed by atoms with Crippen LogP contribution >= 0.6 is 0 Å². The summed E-state index contributed by atoms with van der Waals surface area (Å²) in [6.07, 6.45) is 3.31. The average Bonchev–Trinajstić information content (AvgIpc) is 3.06. The second-order valence-electron chi connectivity index (χ2n) is 5.88. The van der Waals surface area contributed by atoms with E-state index < -0.39 is 0 Å². The van der Waals surface area contributed by atoms with Crippen molar-refractivity contribution >= 4 is 22.6 Å². The zero-order valence-electron chi connectivity index (χ0n) is 14.1. The molecule has 26 heavy (non-hydrogen) atoms. The van der Waals surface area contributed by atoms with Crippen LogP contribution in [0.1, 0.15) is 16.2 Å². The van der Waals surface area contributed by atoms with Crippen LogP contribution in [0, 0.1) is 6.92 Å². The Balaban J connectivity index is 1.52. The number of hydrogen-bond acceptors (Lipinski definition) is 4. The molecule has 0 unspecified atom stereocenters. The summed E-state index contributed by atoms with van der Waals surface area (Å²) in [5, 5.41) is 2.83. The first-order chi connectivity index (χ1) is 12.7. The molecule has 0 spiro atoms. The van der Waals surface area contributed by atoms with Crippen molar-refractivity contribution in [3.63, 3.8) is 0 Å². The van der Waals surface area contributed by atoms with Gasteiger partial charge >= 0.3 is 0 Å². The van der Waals surface area contributed by atoms with E-state index in [4.69, 9.17) is 4.74 Å². The number of aryl methyl sites for hydroxylation is 1. The number of nitrogens with one attached hydrogen (secondary N) is 2. The number of nitrogens with zero attached hydrogens (tertiary/aromatic N) is 2. The van der Waals surface area contributed by atoms with Crippen LogP contribution in [-0.2, 0) is 0 Å². The standard InChI is InChI=1S/C20H16N4O2/c1-13-7-8-17-18(10-13)24-19(23-17)20(25)22-14-4-2-5-15(11-14)26-16-6-3-9-21-12-16/h2-12H,1H3,(H,22,25)(H,23,24). The van der Waals surface area contributed by atoms with Crippen LogP contribution < -0.4 is 10.1 Å². The maximum Gasteiger partial charge on any atom is 0.291 e. The van der Waals surface area contributed by atoms with Crippen molar-refractivity contribution in [3.8, 4) is 11.5 Å². The highest BCUT2D eigenvalue weighted by Gasteiger charge is 2.12. The Hall–Kier alpha value is -3.67. The number of carbonyl (C=O) groups is 1. The molecule has 0 bridgehead atoms. The Kier molecular flexibility index (Phi) is 4.07. The number of fused-ring (bicyclic) bond motifs is 1. The number of imidazole rings is 1. The van der Waals surface area contributed by atoms with Gasteiger partial charge in [0.25, 0.3) is 5.91 Å². The highest BCUT2D eigenvalue weighted by atomic mass is 16.5. The summed E-state index contributed by atoms with van der Waals surface area (Å²) in [5.74, 6) is 1.20. The van der Waals surface area contributed by atoms with Crippen molar-refractivity contribution < 1.29 is 9.53 Å². The molecular formula is C20H16N4O2. The summed E-state index contributed by atoms with van der Waals surface area (Å²) in [4.78, 5) is 23.9. The van der Waals surface area contributed by atoms with Gasteiger partial charge in [-0.1, -0.05) is 12.1 Å². The molecule has 4 rings (SSSR count). The predicted octanol–water partition coefficient (Wildman–Crippen LogP) is 4.31. The fourth-order valence-electron chi connectivity index (χ4n) is 2.60. The van der Waals surface area contributed by atoms with Crippen LogP contribution in [0.5, 0.6) is 11.5 Å². The fourth-order valence-corrected chi connectivity index (χ4v) is 2.60. The van der Waals surface area contributed by atoms with Gasteiger partial charge in [-0.15, -0.1) is 0 Å². The van der Waals surface area contributed by atoms with E-state index in [1.807, 2.05) is 43.3 Å². The van der Waals surface area contributed by atoms with Gasteiger partial charge in [0.1, 0.15) is 11.5 Å². The van der Waals surface area contributed by atoms with Crippen molar-refractivity contribution in [3.05, 3.63) is 78.4 Å². The van der Waals surface area contributed by atoms with E-state index in [0.29, 0.717) is 17.2 Å². The van der Waals surface area contributed by atoms with Crippen molar-refractivity contribution in [2.45, 2.75) is 6.92 Å². The highest BCUT2D eigenvalue weighted by molar-refractivity contribution is 6.03. The SMILES string of the molecule is Cc1ccc2nc(C(=O)Nc3cccc(Oc4cccnc4)c3)[nH]c2c1. The van der Waals surface area contributed by atoms with Crippen molar-refractivity contribution in [2.75, 3.05) is 5.32 Å². The number of amides is 1. The largest absolute Gasteiger partial charge is 0.456 e. The molecule has 0 aliphatic carbocycles. The number of ether oxygens (including phenoxy) is 1. The molecule has 2 heterocycles. The quantitative estimate of drug-likeness (QED) is 0.578. The zero-order valence-corrected chi connectivity index (χ0v) is 14.1. The van der Waals surface area contributed by atoms with Gasteiger partial charge < -0.3 is 15.0 Å². The topological polar surface area (TPSA) is 79.9 Å². The highest BCUT2D eigenvalue weighted by Crippen LogP contribution is 2.23. The maximum absolute atomic E-state index is 12.5. The van der Waals surface area contributed by atoms with E-state index in [0.717, 1.165) is 16.6 Å². The third-order valence-electron chi connectivity index (χ3n) is 3.81. The average molecular weight is 344 g/mol. The number of H-pyrrole nitrogens is 1. The first-order valence-corrected chi connectivity index (χ1v) is 8.13. The second-order valence-corrected chi connectivity index (χ2v) is 5.88. The van der Waals surface area contributed by atoms with Gasteiger partial charge in [0, 0.05) is 18.0 Å². The van der Waals surface area contributed by atoms with Gasteiger partial charge in [0.2, 0.25) is 0 Å². The summed E-state index contributed by atoms with van der Waals surface area (Å²) in [7, 11) is 0. The van der Waals surface area contributed by atoms with E-state index >= 15 is 0 Å². The Morgan fingerprint density at radius 2 is 1.96 bits per heavy atom. The number of aromatic nitrogens is 3. The molecule has 4 aromatic rings. The smallest absolute Gasteiger partial charge is 0.291 e. The molecule has 0 radical (unpaired) electrons. The first kappa shape index (κ1) is 15.8. The van der Waals surface area contributed by atoms with Crippen molar-refractivity contribution in [2.24, 2.45) is 0 Å². The van der Waals surface area contributed by atoms with Crippen LogP contribution in [0.3, 0.4) is 0 Å². The van der Waals surface area contributed by atoms with Gasteiger partial charge in [-0.25, -0.2) is 4.98 Å². The minimum Gasteiger partial charge on any atom is -0.456 e. The Morgan fingerprint density at radius 1 is 1.08 bits per heavy atom. The lowest BCUT2D eigenvalue weighted by molar-refractivity contribution is 0.101. The fraction of sp³-hybridized carbons (Fsp3) is 0.0500. The minimum absolute atomic E-state index is 0.268. The molecule has 0 aliphatic rings. The third kappa shape index (κ3) is 3.39. The molecule has 6 nitrogen and oxygen atoms in total. The summed E-state index contributed by atoms with van der Waals surface area (Å²) >= 11 is 0. The van der Waals surface area contributed by atoms with Crippen LogP contribution in [-0.4, -0.2) is 20.9 Å². The van der Waals surface area contributed by atoms with Gasteiger partial charge in [-0.2, -0.15) is 0 Å². The molecule has 0 atom stereocenters.